The highest BCUT2D eigenvalue weighted by molar-refractivity contribution is 9.10. The van der Waals surface area contributed by atoms with Crippen LogP contribution in [0.5, 0.6) is 0 Å². The molecule has 0 radical (unpaired) electrons. The summed E-state index contributed by atoms with van der Waals surface area (Å²) in [4.78, 5) is 0. The summed E-state index contributed by atoms with van der Waals surface area (Å²) < 4.78 is 1.05. The Bertz CT molecular complexity index is 480. The lowest BCUT2D eigenvalue weighted by atomic mass is 10.2. The summed E-state index contributed by atoms with van der Waals surface area (Å²) in [5.74, 6) is 0. The monoisotopic (exact) mass is 289 g/mol. The molecule has 17 heavy (non-hydrogen) atoms. The number of hydrogen-bond donors (Lipinski definition) is 1. The molecule has 0 amide bonds. The van der Waals surface area contributed by atoms with Crippen molar-refractivity contribution in [2.75, 3.05) is 5.43 Å². The molecule has 0 aromatic heterocycles. The highest BCUT2D eigenvalue weighted by Gasteiger charge is 1.90. The van der Waals surface area contributed by atoms with E-state index in [0.29, 0.717) is 6.54 Å². The number of anilines is 1. The van der Waals surface area contributed by atoms with Crippen LogP contribution in [0.25, 0.3) is 0 Å². The molecule has 0 saturated heterocycles. The van der Waals surface area contributed by atoms with Crippen LogP contribution in [0.1, 0.15) is 5.56 Å². The maximum absolute atomic E-state index is 4.06. The van der Waals surface area contributed by atoms with Gasteiger partial charge in [0, 0.05) is 4.47 Å². The van der Waals surface area contributed by atoms with E-state index in [1.807, 2.05) is 54.6 Å². The Morgan fingerprint density at radius 3 is 2.35 bits per heavy atom. The Labute approximate surface area is 109 Å². The van der Waals surface area contributed by atoms with E-state index < -0.39 is 0 Å². The highest BCUT2D eigenvalue weighted by Crippen LogP contribution is 2.14. The van der Waals surface area contributed by atoms with Crippen molar-refractivity contribution in [2.24, 2.45) is 10.3 Å². The van der Waals surface area contributed by atoms with E-state index in [4.69, 9.17) is 0 Å². The van der Waals surface area contributed by atoms with Crippen LogP contribution in [-0.4, -0.2) is 0 Å². The zero-order chi connectivity index (χ0) is 11.9. The van der Waals surface area contributed by atoms with Crippen molar-refractivity contribution < 1.29 is 0 Å². The van der Waals surface area contributed by atoms with Gasteiger partial charge in [0.25, 0.3) is 0 Å². The van der Waals surface area contributed by atoms with E-state index in [2.05, 4.69) is 31.7 Å². The van der Waals surface area contributed by atoms with Gasteiger partial charge in [0.2, 0.25) is 0 Å². The lowest BCUT2D eigenvalue weighted by molar-refractivity contribution is 0.925. The normalized spacial score (nSPS) is 10.6. The summed E-state index contributed by atoms with van der Waals surface area (Å²) in [6.45, 7) is 0.588. The topological polar surface area (TPSA) is 36.8 Å². The van der Waals surface area contributed by atoms with Gasteiger partial charge in [0.1, 0.15) is 0 Å². The van der Waals surface area contributed by atoms with E-state index >= 15 is 0 Å². The van der Waals surface area contributed by atoms with Gasteiger partial charge in [-0.15, -0.1) is 0 Å². The molecule has 4 heteroatoms. The number of hydrogen-bond acceptors (Lipinski definition) is 2. The van der Waals surface area contributed by atoms with Crippen molar-refractivity contribution in [1.29, 1.82) is 0 Å². The average Bonchev–Trinajstić information content (AvgIpc) is 2.38. The molecule has 86 valence electrons. The molecule has 2 aromatic rings. The van der Waals surface area contributed by atoms with E-state index in [9.17, 15) is 0 Å². The van der Waals surface area contributed by atoms with Gasteiger partial charge in [-0.25, -0.2) is 0 Å². The molecule has 0 saturated carbocycles. The van der Waals surface area contributed by atoms with Crippen LogP contribution >= 0.6 is 15.9 Å². The maximum Gasteiger partial charge on any atom is 0.0870 e. The van der Waals surface area contributed by atoms with Gasteiger partial charge >= 0.3 is 0 Å². The van der Waals surface area contributed by atoms with Crippen molar-refractivity contribution in [2.45, 2.75) is 6.54 Å². The second kappa shape index (κ2) is 6.15. The molecule has 0 fully saturated rings. The lowest BCUT2D eigenvalue weighted by Gasteiger charge is -1.98. The second-order valence-electron chi connectivity index (χ2n) is 3.50. The van der Waals surface area contributed by atoms with Crippen LogP contribution in [0.2, 0.25) is 0 Å². The standard InChI is InChI=1S/C13H12BrN3/c14-12-6-8-13(9-7-12)16-17-15-10-11-4-2-1-3-5-11/h1-9H,10H2,(H,15,16). The molecule has 0 unspecified atom stereocenters. The summed E-state index contributed by atoms with van der Waals surface area (Å²) in [5.41, 5.74) is 4.95. The molecule has 0 spiro atoms. The third-order valence-corrected chi connectivity index (χ3v) is 2.72. The Morgan fingerprint density at radius 2 is 1.65 bits per heavy atom. The number of halogens is 1. The van der Waals surface area contributed by atoms with Crippen molar-refractivity contribution in [3.8, 4) is 0 Å². The molecular weight excluding hydrogens is 278 g/mol. The first kappa shape index (κ1) is 11.8. The largest absolute Gasteiger partial charge is 0.260 e. The van der Waals surface area contributed by atoms with Gasteiger partial charge in [-0.1, -0.05) is 51.5 Å². The molecule has 1 N–H and O–H groups in total. The van der Waals surface area contributed by atoms with Gasteiger partial charge in [0.05, 0.1) is 12.2 Å². The molecule has 3 nitrogen and oxygen atoms in total. The minimum Gasteiger partial charge on any atom is -0.260 e. The van der Waals surface area contributed by atoms with Crippen LogP contribution in [0, 0.1) is 0 Å². The molecular formula is C13H12BrN3. The summed E-state index contributed by atoms with van der Waals surface area (Å²) >= 11 is 3.38. The van der Waals surface area contributed by atoms with E-state index in [0.717, 1.165) is 15.7 Å². The van der Waals surface area contributed by atoms with E-state index in [1.54, 1.807) is 0 Å². The van der Waals surface area contributed by atoms with Crippen molar-refractivity contribution in [3.05, 3.63) is 64.6 Å². The molecule has 0 aliphatic heterocycles. The fourth-order valence-electron chi connectivity index (χ4n) is 1.32. The quantitative estimate of drug-likeness (QED) is 0.656. The van der Waals surface area contributed by atoms with Gasteiger partial charge in [0.15, 0.2) is 0 Å². The smallest absolute Gasteiger partial charge is 0.0870 e. The average molecular weight is 290 g/mol. The second-order valence-corrected chi connectivity index (χ2v) is 4.42. The molecule has 2 aromatic carbocycles. The lowest BCUT2D eigenvalue weighted by Crippen LogP contribution is -1.87. The fourth-order valence-corrected chi connectivity index (χ4v) is 1.58. The van der Waals surface area contributed by atoms with Crippen LogP contribution < -0.4 is 5.43 Å². The minimum absolute atomic E-state index is 0.588. The molecule has 0 heterocycles. The summed E-state index contributed by atoms with van der Waals surface area (Å²) in [6.07, 6.45) is 0. The summed E-state index contributed by atoms with van der Waals surface area (Å²) in [7, 11) is 0. The van der Waals surface area contributed by atoms with Gasteiger partial charge < -0.3 is 0 Å². The zero-order valence-electron chi connectivity index (χ0n) is 9.18. The number of rotatable bonds is 4. The van der Waals surface area contributed by atoms with Crippen LogP contribution in [0.15, 0.2) is 69.4 Å². The van der Waals surface area contributed by atoms with E-state index in [-0.39, 0.29) is 0 Å². The Balaban J connectivity index is 1.84. The highest BCUT2D eigenvalue weighted by atomic mass is 79.9. The van der Waals surface area contributed by atoms with Crippen molar-refractivity contribution in [3.63, 3.8) is 0 Å². The third kappa shape index (κ3) is 4.00. The van der Waals surface area contributed by atoms with Crippen LogP contribution in [0.4, 0.5) is 5.69 Å². The SMILES string of the molecule is Brc1ccc(NN=NCc2ccccc2)cc1. The Kier molecular flexibility index (Phi) is 4.27. The maximum atomic E-state index is 4.06. The minimum atomic E-state index is 0.588. The van der Waals surface area contributed by atoms with Crippen LogP contribution in [0.3, 0.4) is 0 Å². The number of nitrogens with zero attached hydrogens (tertiary/aromatic N) is 2. The Hall–Kier alpha value is -1.68. The Morgan fingerprint density at radius 1 is 0.941 bits per heavy atom. The fraction of sp³-hybridized carbons (Fsp3) is 0.0769. The molecule has 2 rings (SSSR count). The third-order valence-electron chi connectivity index (χ3n) is 2.19. The van der Waals surface area contributed by atoms with Crippen molar-refractivity contribution in [1.82, 2.24) is 0 Å². The van der Waals surface area contributed by atoms with Crippen molar-refractivity contribution >= 4 is 21.6 Å². The first-order valence-corrected chi connectivity index (χ1v) is 6.06. The molecule has 0 aliphatic rings. The van der Waals surface area contributed by atoms with E-state index in [1.165, 1.54) is 0 Å². The molecule has 0 bridgehead atoms. The predicted molar refractivity (Wildman–Crippen MR) is 72.8 cm³/mol. The summed E-state index contributed by atoms with van der Waals surface area (Å²) in [6, 6.07) is 17.8. The molecule has 0 atom stereocenters. The first-order valence-electron chi connectivity index (χ1n) is 5.26. The number of nitrogens with one attached hydrogen (secondary N) is 1. The first-order chi connectivity index (χ1) is 8.34. The van der Waals surface area contributed by atoms with Gasteiger partial charge in [-0.3, -0.25) is 5.43 Å². The number of benzene rings is 2. The summed E-state index contributed by atoms with van der Waals surface area (Å²) in [5, 5.41) is 7.99. The molecule has 0 aliphatic carbocycles. The predicted octanol–water partition coefficient (Wildman–Crippen LogP) is 4.43. The zero-order valence-corrected chi connectivity index (χ0v) is 10.8. The van der Waals surface area contributed by atoms with Gasteiger partial charge in [-0.2, -0.15) is 5.11 Å². The van der Waals surface area contributed by atoms with Gasteiger partial charge in [-0.05, 0) is 29.8 Å². The van der Waals surface area contributed by atoms with Crippen LogP contribution in [-0.2, 0) is 6.54 Å².